The van der Waals surface area contributed by atoms with E-state index in [9.17, 15) is 8.42 Å². The monoisotopic (exact) mass is 351 g/mol. The van der Waals surface area contributed by atoms with E-state index < -0.39 is 10.0 Å². The van der Waals surface area contributed by atoms with Crippen molar-refractivity contribution >= 4 is 33.0 Å². The van der Waals surface area contributed by atoms with E-state index in [-0.39, 0.29) is 4.90 Å². The zero-order chi connectivity index (χ0) is 16.4. The van der Waals surface area contributed by atoms with Gasteiger partial charge in [-0.3, -0.25) is 0 Å². The Labute approximate surface area is 141 Å². The molecule has 1 aliphatic heterocycles. The predicted molar refractivity (Wildman–Crippen MR) is 93.3 cm³/mol. The minimum absolute atomic E-state index is 0.276. The molecule has 0 saturated carbocycles. The van der Waals surface area contributed by atoms with E-state index in [1.165, 1.54) is 4.31 Å². The molecule has 0 aliphatic carbocycles. The van der Waals surface area contributed by atoms with E-state index in [2.05, 4.69) is 4.90 Å². The topological polar surface area (TPSA) is 66.6 Å². The molecule has 1 aliphatic rings. The van der Waals surface area contributed by atoms with Crippen LogP contribution in [0.1, 0.15) is 0 Å². The first-order valence-corrected chi connectivity index (χ1v) is 9.15. The van der Waals surface area contributed by atoms with Gasteiger partial charge in [0, 0.05) is 31.9 Å². The second kappa shape index (κ2) is 6.39. The number of rotatable bonds is 3. The van der Waals surface area contributed by atoms with Gasteiger partial charge in [0.15, 0.2) is 0 Å². The van der Waals surface area contributed by atoms with Gasteiger partial charge in [0.05, 0.1) is 15.6 Å². The molecule has 1 fully saturated rings. The standard InChI is InChI=1S/C16H18ClN3O2S/c17-15-3-1-2-4-16(15)19-9-11-20(12-10-19)23(21,22)14-7-5-13(18)6-8-14/h1-8H,9-12,18H2. The second-order valence-corrected chi connectivity index (χ2v) is 7.76. The highest BCUT2D eigenvalue weighted by atomic mass is 35.5. The van der Waals surface area contributed by atoms with Crippen molar-refractivity contribution in [3.8, 4) is 0 Å². The molecule has 122 valence electrons. The molecule has 2 aromatic carbocycles. The largest absolute Gasteiger partial charge is 0.399 e. The summed E-state index contributed by atoms with van der Waals surface area (Å²) in [4.78, 5) is 2.38. The molecule has 5 nitrogen and oxygen atoms in total. The van der Waals surface area contributed by atoms with Crippen LogP contribution in [-0.4, -0.2) is 38.9 Å². The van der Waals surface area contributed by atoms with Gasteiger partial charge in [-0.15, -0.1) is 0 Å². The fraction of sp³-hybridized carbons (Fsp3) is 0.250. The van der Waals surface area contributed by atoms with Crippen LogP contribution in [-0.2, 0) is 10.0 Å². The van der Waals surface area contributed by atoms with Crippen LogP contribution >= 0.6 is 11.6 Å². The summed E-state index contributed by atoms with van der Waals surface area (Å²) < 4.78 is 26.8. The Kier molecular flexibility index (Phi) is 4.48. The van der Waals surface area contributed by atoms with Crippen LogP contribution in [0.4, 0.5) is 11.4 Å². The van der Waals surface area contributed by atoms with Crippen molar-refractivity contribution in [2.45, 2.75) is 4.90 Å². The number of hydrogen-bond donors (Lipinski definition) is 1. The molecule has 0 spiro atoms. The van der Waals surface area contributed by atoms with Crippen LogP contribution in [0, 0.1) is 0 Å². The lowest BCUT2D eigenvalue weighted by molar-refractivity contribution is 0.385. The van der Waals surface area contributed by atoms with Gasteiger partial charge in [-0.1, -0.05) is 23.7 Å². The van der Waals surface area contributed by atoms with Gasteiger partial charge in [-0.2, -0.15) is 4.31 Å². The number of para-hydroxylation sites is 1. The van der Waals surface area contributed by atoms with E-state index in [0.717, 1.165) is 5.69 Å². The van der Waals surface area contributed by atoms with Gasteiger partial charge < -0.3 is 10.6 Å². The number of benzene rings is 2. The Morgan fingerprint density at radius 3 is 2.13 bits per heavy atom. The maximum atomic E-state index is 12.6. The number of nitrogen functional groups attached to an aromatic ring is 1. The average Bonchev–Trinajstić information content (AvgIpc) is 2.56. The van der Waals surface area contributed by atoms with Crippen molar-refractivity contribution in [3.05, 3.63) is 53.6 Å². The molecule has 0 radical (unpaired) electrons. The Morgan fingerprint density at radius 2 is 1.52 bits per heavy atom. The molecule has 0 aromatic heterocycles. The van der Waals surface area contributed by atoms with E-state index >= 15 is 0 Å². The van der Waals surface area contributed by atoms with Crippen molar-refractivity contribution < 1.29 is 8.42 Å². The van der Waals surface area contributed by atoms with Crippen molar-refractivity contribution in [1.29, 1.82) is 0 Å². The first-order chi connectivity index (χ1) is 11.0. The summed E-state index contributed by atoms with van der Waals surface area (Å²) in [6.45, 7) is 2.08. The lowest BCUT2D eigenvalue weighted by Crippen LogP contribution is -2.48. The maximum absolute atomic E-state index is 12.6. The summed E-state index contributed by atoms with van der Waals surface area (Å²) in [6, 6.07) is 13.9. The SMILES string of the molecule is Nc1ccc(S(=O)(=O)N2CCN(c3ccccc3Cl)CC2)cc1. The molecular weight excluding hydrogens is 334 g/mol. The molecule has 1 heterocycles. The lowest BCUT2D eigenvalue weighted by atomic mass is 10.2. The molecule has 0 atom stereocenters. The summed E-state index contributed by atoms with van der Waals surface area (Å²) in [7, 11) is -3.48. The van der Waals surface area contributed by atoms with E-state index in [4.69, 9.17) is 17.3 Å². The number of nitrogens with two attached hydrogens (primary N) is 1. The molecule has 7 heteroatoms. The van der Waals surface area contributed by atoms with Crippen LogP contribution < -0.4 is 10.6 Å². The van der Waals surface area contributed by atoms with Gasteiger partial charge in [-0.25, -0.2) is 8.42 Å². The summed E-state index contributed by atoms with van der Waals surface area (Å²) in [6.07, 6.45) is 0. The third-order valence-electron chi connectivity index (χ3n) is 3.95. The molecule has 0 unspecified atom stereocenters. The van der Waals surface area contributed by atoms with Crippen molar-refractivity contribution in [1.82, 2.24) is 4.31 Å². The third-order valence-corrected chi connectivity index (χ3v) is 6.18. The zero-order valence-electron chi connectivity index (χ0n) is 12.5. The highest BCUT2D eigenvalue weighted by molar-refractivity contribution is 7.89. The Balaban J connectivity index is 1.74. The van der Waals surface area contributed by atoms with Gasteiger partial charge >= 0.3 is 0 Å². The van der Waals surface area contributed by atoms with Crippen LogP contribution in [0.15, 0.2) is 53.4 Å². The lowest BCUT2D eigenvalue weighted by Gasteiger charge is -2.35. The summed E-state index contributed by atoms with van der Waals surface area (Å²) in [5.41, 5.74) is 7.11. The normalized spacial score (nSPS) is 16.5. The second-order valence-electron chi connectivity index (χ2n) is 5.41. The van der Waals surface area contributed by atoms with Gasteiger partial charge in [-0.05, 0) is 36.4 Å². The number of nitrogens with zero attached hydrogens (tertiary/aromatic N) is 2. The minimum atomic E-state index is -3.48. The van der Waals surface area contributed by atoms with Crippen molar-refractivity contribution in [3.63, 3.8) is 0 Å². The summed E-state index contributed by atoms with van der Waals surface area (Å²) in [5.74, 6) is 0. The van der Waals surface area contributed by atoms with Crippen molar-refractivity contribution in [2.24, 2.45) is 0 Å². The van der Waals surface area contributed by atoms with Crippen LogP contribution in [0.5, 0.6) is 0 Å². The maximum Gasteiger partial charge on any atom is 0.243 e. The number of halogens is 1. The Hall–Kier alpha value is -1.76. The molecule has 0 bridgehead atoms. The van der Waals surface area contributed by atoms with E-state index in [0.29, 0.717) is 36.9 Å². The van der Waals surface area contributed by atoms with E-state index in [1.807, 2.05) is 24.3 Å². The molecule has 23 heavy (non-hydrogen) atoms. The first-order valence-electron chi connectivity index (χ1n) is 7.33. The number of hydrogen-bond acceptors (Lipinski definition) is 4. The zero-order valence-corrected chi connectivity index (χ0v) is 14.1. The molecule has 2 N–H and O–H groups in total. The molecular formula is C16H18ClN3O2S. The van der Waals surface area contributed by atoms with Gasteiger partial charge in [0.2, 0.25) is 10.0 Å². The number of anilines is 2. The van der Waals surface area contributed by atoms with Gasteiger partial charge in [0.25, 0.3) is 0 Å². The Bertz CT molecular complexity index is 785. The minimum Gasteiger partial charge on any atom is -0.399 e. The average molecular weight is 352 g/mol. The first kappa shape index (κ1) is 16.1. The van der Waals surface area contributed by atoms with Gasteiger partial charge in [0.1, 0.15) is 0 Å². The van der Waals surface area contributed by atoms with Crippen LogP contribution in [0.25, 0.3) is 0 Å². The summed E-state index contributed by atoms with van der Waals surface area (Å²) >= 11 is 6.21. The Morgan fingerprint density at radius 1 is 0.913 bits per heavy atom. The highest BCUT2D eigenvalue weighted by Crippen LogP contribution is 2.27. The smallest absolute Gasteiger partial charge is 0.243 e. The molecule has 1 saturated heterocycles. The highest BCUT2D eigenvalue weighted by Gasteiger charge is 2.28. The molecule has 3 rings (SSSR count). The fourth-order valence-electron chi connectivity index (χ4n) is 2.67. The molecule has 0 amide bonds. The summed E-state index contributed by atoms with van der Waals surface area (Å²) in [5, 5.41) is 0.683. The third kappa shape index (κ3) is 3.29. The van der Waals surface area contributed by atoms with Crippen LogP contribution in [0.2, 0.25) is 5.02 Å². The number of piperazine rings is 1. The number of sulfonamides is 1. The fourth-order valence-corrected chi connectivity index (χ4v) is 4.34. The van der Waals surface area contributed by atoms with Crippen LogP contribution in [0.3, 0.4) is 0 Å². The van der Waals surface area contributed by atoms with Crippen molar-refractivity contribution in [2.75, 3.05) is 36.8 Å². The van der Waals surface area contributed by atoms with E-state index in [1.54, 1.807) is 24.3 Å². The predicted octanol–water partition coefficient (Wildman–Crippen LogP) is 2.43. The quantitative estimate of drug-likeness (QED) is 0.862. The molecule has 2 aromatic rings.